The molecule has 172 valence electrons. The Bertz CT molecular complexity index is 1110. The van der Waals surface area contributed by atoms with Crippen LogP contribution in [-0.2, 0) is 16.0 Å². The molecule has 1 heterocycles. The summed E-state index contributed by atoms with van der Waals surface area (Å²) < 4.78 is 11.2. The lowest BCUT2D eigenvalue weighted by Crippen LogP contribution is -2.36. The highest BCUT2D eigenvalue weighted by atomic mass is 32.2. The predicted octanol–water partition coefficient (Wildman–Crippen LogP) is 4.81. The number of nitrogens with one attached hydrogen (secondary N) is 1. The zero-order valence-corrected chi connectivity index (χ0v) is 19.7. The van der Waals surface area contributed by atoms with Crippen molar-refractivity contribution in [3.63, 3.8) is 0 Å². The van der Waals surface area contributed by atoms with Crippen LogP contribution in [0.4, 0.5) is 10.5 Å². The van der Waals surface area contributed by atoms with Gasteiger partial charge in [0, 0.05) is 11.3 Å². The van der Waals surface area contributed by atoms with E-state index in [1.807, 2.05) is 32.0 Å². The molecule has 0 atom stereocenters. The monoisotopic (exact) mass is 466 g/mol. The van der Waals surface area contributed by atoms with Crippen LogP contribution in [0.15, 0.2) is 54.0 Å². The van der Waals surface area contributed by atoms with Gasteiger partial charge in [-0.25, -0.2) is 0 Å². The summed E-state index contributed by atoms with van der Waals surface area (Å²) in [5, 5.41) is 2.21. The first-order chi connectivity index (χ1) is 15.9. The van der Waals surface area contributed by atoms with Gasteiger partial charge in [0.15, 0.2) is 11.5 Å². The van der Waals surface area contributed by atoms with Crippen molar-refractivity contribution < 1.29 is 23.9 Å². The van der Waals surface area contributed by atoms with Crippen molar-refractivity contribution in [1.29, 1.82) is 0 Å². The van der Waals surface area contributed by atoms with Crippen LogP contribution in [0, 0.1) is 6.92 Å². The minimum Gasteiger partial charge on any atom is -0.493 e. The molecule has 1 aliphatic heterocycles. The van der Waals surface area contributed by atoms with Crippen LogP contribution >= 0.6 is 11.8 Å². The number of thioether (sulfide) groups is 1. The molecule has 2 aromatic carbocycles. The van der Waals surface area contributed by atoms with Gasteiger partial charge in [-0.05, 0) is 67.9 Å². The molecule has 0 unspecified atom stereocenters. The number of hydrogen-bond acceptors (Lipinski definition) is 6. The standard InChI is InChI=1S/C25H26N2O5S/c1-5-7-18-12-17(13-20(31-4)23(18)32-6-2)14-21-24(29)27(25(30)33-21)15-22(28)26-19-10-8-16(3)9-11-19/h5,8-14H,1,6-7,15H2,2-4H3,(H,26,28). The highest BCUT2D eigenvalue weighted by Gasteiger charge is 2.36. The number of rotatable bonds is 9. The van der Waals surface area contributed by atoms with Gasteiger partial charge in [-0.15, -0.1) is 6.58 Å². The van der Waals surface area contributed by atoms with E-state index in [2.05, 4.69) is 11.9 Å². The molecule has 8 heteroatoms. The molecule has 0 aromatic heterocycles. The van der Waals surface area contributed by atoms with Gasteiger partial charge in [-0.3, -0.25) is 19.3 Å². The Hall–Kier alpha value is -3.52. The number of aryl methyl sites for hydroxylation is 1. The third-order valence-electron chi connectivity index (χ3n) is 4.84. The molecule has 1 N–H and O–H groups in total. The quantitative estimate of drug-likeness (QED) is 0.422. The minimum atomic E-state index is -0.512. The molecule has 2 aromatic rings. The fourth-order valence-electron chi connectivity index (χ4n) is 3.30. The number of imide groups is 1. The van der Waals surface area contributed by atoms with Crippen LogP contribution in [0.3, 0.4) is 0 Å². The maximum atomic E-state index is 12.9. The van der Waals surface area contributed by atoms with E-state index in [9.17, 15) is 14.4 Å². The van der Waals surface area contributed by atoms with Gasteiger partial charge in [0.25, 0.3) is 11.1 Å². The summed E-state index contributed by atoms with van der Waals surface area (Å²) in [6.45, 7) is 7.73. The van der Waals surface area contributed by atoms with E-state index in [0.29, 0.717) is 35.8 Å². The second-order valence-corrected chi connectivity index (χ2v) is 8.31. The van der Waals surface area contributed by atoms with E-state index in [-0.39, 0.29) is 11.4 Å². The molecular formula is C25H26N2O5S. The lowest BCUT2D eigenvalue weighted by atomic mass is 10.0. The molecule has 3 rings (SSSR count). The number of nitrogens with zero attached hydrogens (tertiary/aromatic N) is 1. The normalized spacial score (nSPS) is 14.5. The second-order valence-electron chi connectivity index (χ2n) is 7.32. The Morgan fingerprint density at radius 2 is 1.94 bits per heavy atom. The molecule has 0 bridgehead atoms. The summed E-state index contributed by atoms with van der Waals surface area (Å²) in [5.41, 5.74) is 3.20. The summed E-state index contributed by atoms with van der Waals surface area (Å²) in [4.78, 5) is 38.8. The molecule has 0 saturated carbocycles. The molecule has 33 heavy (non-hydrogen) atoms. The van der Waals surface area contributed by atoms with E-state index < -0.39 is 17.1 Å². The molecule has 7 nitrogen and oxygen atoms in total. The van der Waals surface area contributed by atoms with Crippen molar-refractivity contribution in [2.45, 2.75) is 20.3 Å². The number of methoxy groups -OCH3 is 1. The Labute approximate surface area is 197 Å². The Kier molecular flexibility index (Phi) is 7.95. The number of amides is 3. The van der Waals surface area contributed by atoms with Crippen LogP contribution in [-0.4, -0.2) is 42.2 Å². The van der Waals surface area contributed by atoms with Gasteiger partial charge in [-0.2, -0.15) is 0 Å². The first-order valence-electron chi connectivity index (χ1n) is 10.4. The van der Waals surface area contributed by atoms with Gasteiger partial charge in [0.1, 0.15) is 6.54 Å². The lowest BCUT2D eigenvalue weighted by Gasteiger charge is -2.15. The zero-order valence-electron chi connectivity index (χ0n) is 18.8. The SMILES string of the molecule is C=CCc1cc(C=C2SC(=O)N(CC(=O)Nc3ccc(C)cc3)C2=O)cc(OC)c1OCC. The van der Waals surface area contributed by atoms with Crippen molar-refractivity contribution >= 4 is 40.6 Å². The maximum Gasteiger partial charge on any atom is 0.294 e. The zero-order chi connectivity index (χ0) is 24.0. The highest BCUT2D eigenvalue weighted by Crippen LogP contribution is 2.37. The van der Waals surface area contributed by atoms with E-state index >= 15 is 0 Å². The maximum absolute atomic E-state index is 12.9. The fourth-order valence-corrected chi connectivity index (χ4v) is 4.14. The Morgan fingerprint density at radius 3 is 2.58 bits per heavy atom. The lowest BCUT2D eigenvalue weighted by molar-refractivity contribution is -0.127. The Morgan fingerprint density at radius 1 is 1.21 bits per heavy atom. The molecule has 0 aliphatic carbocycles. The highest BCUT2D eigenvalue weighted by molar-refractivity contribution is 8.18. The summed E-state index contributed by atoms with van der Waals surface area (Å²) in [5.74, 6) is 0.192. The Balaban J connectivity index is 1.79. The number of carbonyl (C=O) groups is 3. The summed E-state index contributed by atoms with van der Waals surface area (Å²) in [7, 11) is 1.54. The summed E-state index contributed by atoms with van der Waals surface area (Å²) in [6, 6.07) is 10.9. The fraction of sp³-hybridized carbons (Fsp3) is 0.240. The van der Waals surface area contributed by atoms with Crippen molar-refractivity contribution in [3.05, 3.63) is 70.6 Å². The van der Waals surface area contributed by atoms with E-state index in [0.717, 1.165) is 27.8 Å². The molecule has 3 amide bonds. The van der Waals surface area contributed by atoms with Gasteiger partial charge in [0.2, 0.25) is 5.91 Å². The number of hydrogen-bond donors (Lipinski definition) is 1. The molecule has 0 spiro atoms. The van der Waals surface area contributed by atoms with Gasteiger partial charge >= 0.3 is 0 Å². The minimum absolute atomic E-state index is 0.235. The van der Waals surface area contributed by atoms with E-state index in [1.165, 1.54) is 0 Å². The van der Waals surface area contributed by atoms with E-state index in [4.69, 9.17) is 9.47 Å². The number of anilines is 1. The molecule has 0 radical (unpaired) electrons. The molecule has 1 saturated heterocycles. The van der Waals surface area contributed by atoms with Gasteiger partial charge in [-0.1, -0.05) is 23.8 Å². The predicted molar refractivity (Wildman–Crippen MR) is 131 cm³/mol. The topological polar surface area (TPSA) is 84.9 Å². The van der Waals surface area contributed by atoms with Crippen molar-refractivity contribution in [1.82, 2.24) is 4.90 Å². The van der Waals surface area contributed by atoms with Crippen molar-refractivity contribution in [3.8, 4) is 11.5 Å². The third kappa shape index (κ3) is 5.84. The van der Waals surface area contributed by atoms with Crippen molar-refractivity contribution in [2.75, 3.05) is 25.6 Å². The first-order valence-corrected chi connectivity index (χ1v) is 11.2. The average Bonchev–Trinajstić information content (AvgIpc) is 3.04. The summed E-state index contributed by atoms with van der Waals surface area (Å²) in [6.07, 6.45) is 3.92. The average molecular weight is 467 g/mol. The molecule has 1 aliphatic rings. The first kappa shape index (κ1) is 24.1. The number of ether oxygens (including phenoxy) is 2. The smallest absolute Gasteiger partial charge is 0.294 e. The third-order valence-corrected chi connectivity index (χ3v) is 5.74. The largest absolute Gasteiger partial charge is 0.493 e. The van der Waals surface area contributed by atoms with Crippen LogP contribution in [0.2, 0.25) is 0 Å². The number of allylic oxidation sites excluding steroid dienone is 1. The van der Waals surface area contributed by atoms with Crippen molar-refractivity contribution in [2.24, 2.45) is 0 Å². The van der Waals surface area contributed by atoms with Gasteiger partial charge in [0.05, 0.1) is 18.6 Å². The van der Waals surface area contributed by atoms with E-state index in [1.54, 1.807) is 37.5 Å². The van der Waals surface area contributed by atoms with Crippen LogP contribution in [0.1, 0.15) is 23.6 Å². The van der Waals surface area contributed by atoms with Crippen LogP contribution in [0.25, 0.3) is 6.08 Å². The van der Waals surface area contributed by atoms with Crippen LogP contribution in [0.5, 0.6) is 11.5 Å². The number of carbonyl (C=O) groups excluding carboxylic acids is 3. The molecular weight excluding hydrogens is 440 g/mol. The van der Waals surface area contributed by atoms with Crippen LogP contribution < -0.4 is 14.8 Å². The number of benzene rings is 2. The second kappa shape index (κ2) is 10.9. The summed E-state index contributed by atoms with van der Waals surface area (Å²) >= 11 is 0.800. The van der Waals surface area contributed by atoms with Gasteiger partial charge < -0.3 is 14.8 Å². The molecule has 1 fully saturated rings.